The van der Waals surface area contributed by atoms with E-state index in [0.29, 0.717) is 49.7 Å². The van der Waals surface area contributed by atoms with E-state index >= 15 is 0 Å². The number of aliphatic hydroxyl groups excluding tert-OH is 1. The number of nitrogens with one attached hydrogen (secondary N) is 1. The third-order valence-corrected chi connectivity index (χ3v) is 12.4. The maximum atomic E-state index is 13.4. The molecule has 232 valence electrons. The Morgan fingerprint density at radius 3 is 2.74 bits per heavy atom. The van der Waals surface area contributed by atoms with E-state index in [0.717, 1.165) is 37.8 Å². The zero-order valence-electron chi connectivity index (χ0n) is 24.6. The van der Waals surface area contributed by atoms with Crippen LogP contribution in [-0.2, 0) is 21.9 Å². The van der Waals surface area contributed by atoms with E-state index in [4.69, 9.17) is 16.3 Å². The molecule has 2 heterocycles. The zero-order valence-corrected chi connectivity index (χ0v) is 26.2. The monoisotopic (exact) mass is 628 g/mol. The maximum Gasteiger partial charge on any atom is 0.264 e. The van der Waals surface area contributed by atoms with E-state index in [1.807, 2.05) is 12.1 Å². The molecule has 10 heteroatoms. The zero-order chi connectivity index (χ0) is 30.4. The second-order valence-electron chi connectivity index (χ2n) is 12.9. The summed E-state index contributed by atoms with van der Waals surface area (Å²) in [7, 11) is -3.94. The SMILES string of the molecule is CC[C@@H]1CC/C=C\[C@@](O)(CO)[C@@H]2CC[C@H]2CN2C[C@@]3(CCCc4cc(Cl)ccc43)COc3ccc(cc32)C(=O)NS1(=O)=O. The number of hydrogen-bond acceptors (Lipinski definition) is 7. The highest BCUT2D eigenvalue weighted by Gasteiger charge is 2.48. The van der Waals surface area contributed by atoms with Crippen molar-refractivity contribution in [3.63, 3.8) is 0 Å². The number of sulfonamides is 1. The molecule has 8 nitrogen and oxygen atoms in total. The average Bonchev–Trinajstić information content (AvgIpc) is 3.11. The fraction of sp³-hybridized carbons (Fsp3) is 0.545. The molecule has 1 spiro atoms. The Bertz CT molecular complexity index is 1530. The van der Waals surface area contributed by atoms with Gasteiger partial charge in [-0.1, -0.05) is 36.7 Å². The number of rotatable bonds is 2. The van der Waals surface area contributed by atoms with Gasteiger partial charge in [0.05, 0.1) is 24.2 Å². The van der Waals surface area contributed by atoms with Crippen molar-refractivity contribution in [3.8, 4) is 5.75 Å². The van der Waals surface area contributed by atoms with E-state index in [2.05, 4.69) is 15.7 Å². The number of allylic oxidation sites excluding steroid dienone is 1. The molecule has 2 bridgehead atoms. The Balaban J connectivity index is 1.44. The summed E-state index contributed by atoms with van der Waals surface area (Å²) in [5, 5.41) is 21.9. The number of halogens is 1. The van der Waals surface area contributed by atoms with Crippen molar-refractivity contribution < 1.29 is 28.2 Å². The molecular weight excluding hydrogens is 588 g/mol. The van der Waals surface area contributed by atoms with Gasteiger partial charge in [0.15, 0.2) is 0 Å². The number of benzene rings is 2. The van der Waals surface area contributed by atoms with Crippen molar-refractivity contribution >= 4 is 33.2 Å². The fourth-order valence-electron chi connectivity index (χ4n) is 7.70. The number of ether oxygens (including phenoxy) is 1. The number of amides is 1. The summed E-state index contributed by atoms with van der Waals surface area (Å²) in [6, 6.07) is 11.2. The summed E-state index contributed by atoms with van der Waals surface area (Å²) in [5.41, 5.74) is 1.72. The van der Waals surface area contributed by atoms with Crippen LogP contribution < -0.4 is 14.4 Å². The summed E-state index contributed by atoms with van der Waals surface area (Å²) in [5.74, 6) is -0.0677. The summed E-state index contributed by atoms with van der Waals surface area (Å²) in [6.07, 6.45) is 9.03. The number of fused-ring (bicyclic) bond motifs is 4. The number of hydrogen-bond donors (Lipinski definition) is 3. The van der Waals surface area contributed by atoms with Crippen LogP contribution in [0, 0.1) is 11.8 Å². The van der Waals surface area contributed by atoms with Crippen LogP contribution in [0.15, 0.2) is 48.6 Å². The second-order valence-corrected chi connectivity index (χ2v) is 15.3. The number of aryl methyl sites for hydroxylation is 1. The lowest BCUT2D eigenvalue weighted by molar-refractivity contribution is -0.0769. The minimum atomic E-state index is -3.94. The van der Waals surface area contributed by atoms with Gasteiger partial charge < -0.3 is 19.8 Å². The number of anilines is 1. The molecule has 1 amide bonds. The summed E-state index contributed by atoms with van der Waals surface area (Å²) >= 11 is 6.39. The molecule has 43 heavy (non-hydrogen) atoms. The molecule has 0 unspecified atom stereocenters. The van der Waals surface area contributed by atoms with E-state index in [1.165, 1.54) is 11.1 Å². The molecule has 4 aliphatic rings. The Morgan fingerprint density at radius 2 is 2.00 bits per heavy atom. The standard InChI is InChI=1S/C33H41ClN2O6S/c1-2-26-7-3-4-15-33(39,20-37)28-11-8-24(28)18-36-19-32(14-5-6-22-16-25(34)10-12-27(22)32)21-42-30-13-9-23(17-29(30)36)31(38)35-43(26,40)41/h4,9-10,12-13,15-17,24,26,28,37,39H,2-3,5-8,11,14,18-21H2,1H3,(H,35,38)/b15-4-/t24-,26+,28+,32-,33+/m0/s1. The van der Waals surface area contributed by atoms with Crippen molar-refractivity contribution in [3.05, 3.63) is 70.3 Å². The molecule has 5 atom stereocenters. The van der Waals surface area contributed by atoms with Crippen LogP contribution in [0.5, 0.6) is 5.75 Å². The summed E-state index contributed by atoms with van der Waals surface area (Å²) in [4.78, 5) is 15.6. The molecule has 1 saturated carbocycles. The lowest BCUT2D eigenvalue weighted by Gasteiger charge is -2.48. The number of nitrogens with zero attached hydrogens (tertiary/aromatic N) is 1. The number of carbonyl (C=O) groups is 1. The first-order valence-corrected chi connectivity index (χ1v) is 17.4. The first kappa shape index (κ1) is 30.4. The van der Waals surface area contributed by atoms with Gasteiger partial charge in [0.25, 0.3) is 5.91 Å². The Hall–Kier alpha value is -2.59. The van der Waals surface area contributed by atoms with E-state index < -0.39 is 33.4 Å². The largest absolute Gasteiger partial charge is 0.490 e. The van der Waals surface area contributed by atoms with Crippen LogP contribution in [0.1, 0.15) is 73.4 Å². The quantitative estimate of drug-likeness (QED) is 0.411. The van der Waals surface area contributed by atoms with Gasteiger partial charge in [0.2, 0.25) is 10.0 Å². The molecular formula is C33H41ClN2O6S. The minimum absolute atomic E-state index is 0.104. The van der Waals surface area contributed by atoms with E-state index in [-0.39, 0.29) is 22.8 Å². The molecule has 0 aromatic heterocycles. The summed E-state index contributed by atoms with van der Waals surface area (Å²) < 4.78 is 35.3. The molecule has 0 saturated heterocycles. The van der Waals surface area contributed by atoms with Gasteiger partial charge >= 0.3 is 0 Å². The van der Waals surface area contributed by atoms with Crippen LogP contribution >= 0.6 is 11.6 Å². The van der Waals surface area contributed by atoms with E-state index in [1.54, 1.807) is 37.3 Å². The molecule has 2 aliphatic carbocycles. The van der Waals surface area contributed by atoms with Crippen LogP contribution in [0.2, 0.25) is 5.02 Å². The molecule has 2 aromatic rings. The molecule has 2 aliphatic heterocycles. The average molecular weight is 629 g/mol. The van der Waals surface area contributed by atoms with Crippen molar-refractivity contribution in [2.45, 2.75) is 74.6 Å². The summed E-state index contributed by atoms with van der Waals surface area (Å²) in [6.45, 7) is 3.07. The van der Waals surface area contributed by atoms with Crippen LogP contribution in [0.3, 0.4) is 0 Å². The molecule has 2 aromatic carbocycles. The molecule has 6 rings (SSSR count). The predicted molar refractivity (Wildman–Crippen MR) is 167 cm³/mol. The van der Waals surface area contributed by atoms with Crippen molar-refractivity contribution in [2.75, 3.05) is 31.2 Å². The predicted octanol–water partition coefficient (Wildman–Crippen LogP) is 4.75. The lowest BCUT2D eigenvalue weighted by atomic mass is 9.64. The van der Waals surface area contributed by atoms with Gasteiger partial charge in [-0.2, -0.15) is 0 Å². The van der Waals surface area contributed by atoms with Gasteiger partial charge in [0, 0.05) is 29.1 Å². The lowest BCUT2D eigenvalue weighted by Crippen LogP contribution is -2.53. The van der Waals surface area contributed by atoms with Crippen LogP contribution in [0.25, 0.3) is 0 Å². The third-order valence-electron chi connectivity index (χ3n) is 10.3. The highest BCUT2D eigenvalue weighted by atomic mass is 35.5. The smallest absolute Gasteiger partial charge is 0.264 e. The number of aliphatic hydroxyl groups is 2. The van der Waals surface area contributed by atoms with Crippen molar-refractivity contribution in [2.24, 2.45) is 11.8 Å². The fourth-order valence-corrected chi connectivity index (χ4v) is 9.32. The Morgan fingerprint density at radius 1 is 1.16 bits per heavy atom. The van der Waals surface area contributed by atoms with Gasteiger partial charge in [0.1, 0.15) is 11.4 Å². The van der Waals surface area contributed by atoms with Gasteiger partial charge in [-0.15, -0.1) is 0 Å². The molecule has 1 fully saturated rings. The van der Waals surface area contributed by atoms with Gasteiger partial charge in [-0.25, -0.2) is 13.1 Å². The molecule has 3 N–H and O–H groups in total. The van der Waals surface area contributed by atoms with Gasteiger partial charge in [-0.3, -0.25) is 4.79 Å². The highest BCUT2D eigenvalue weighted by Crippen LogP contribution is 2.48. The first-order chi connectivity index (χ1) is 20.6. The van der Waals surface area contributed by atoms with Crippen molar-refractivity contribution in [1.29, 1.82) is 0 Å². The maximum absolute atomic E-state index is 13.4. The third kappa shape index (κ3) is 5.70. The topological polar surface area (TPSA) is 116 Å². The number of carbonyl (C=O) groups excluding carboxylic acids is 1. The van der Waals surface area contributed by atoms with Crippen LogP contribution in [-0.4, -0.2) is 61.7 Å². The first-order valence-electron chi connectivity index (χ1n) is 15.4. The highest BCUT2D eigenvalue weighted by molar-refractivity contribution is 7.90. The van der Waals surface area contributed by atoms with Crippen molar-refractivity contribution in [1.82, 2.24) is 4.72 Å². The molecule has 0 radical (unpaired) electrons. The van der Waals surface area contributed by atoms with E-state index in [9.17, 15) is 23.4 Å². The Kier molecular flexibility index (Phi) is 8.30. The second kappa shape index (κ2) is 11.7. The Labute approximate surface area is 259 Å². The van der Waals surface area contributed by atoms with Crippen LogP contribution in [0.4, 0.5) is 5.69 Å². The van der Waals surface area contributed by atoms with Gasteiger partial charge in [-0.05, 0) is 105 Å². The normalized spacial score (nSPS) is 32.8. The minimum Gasteiger partial charge on any atom is -0.490 e.